The molecular formula is C11H9F4N3O2. The van der Waals surface area contributed by atoms with Crippen molar-refractivity contribution in [2.24, 2.45) is 0 Å². The molecular weight excluding hydrogens is 282 g/mol. The Hall–Kier alpha value is -2.19. The number of imidazole rings is 1. The Morgan fingerprint density at radius 2 is 2.05 bits per heavy atom. The topological polar surface area (TPSA) is 56.5 Å². The largest absolute Gasteiger partial charge is 0.461 e. The van der Waals surface area contributed by atoms with Gasteiger partial charge in [0.25, 0.3) is 12.9 Å². The molecule has 0 unspecified atom stereocenters. The van der Waals surface area contributed by atoms with Crippen LogP contribution in [0.2, 0.25) is 0 Å². The minimum Gasteiger partial charge on any atom is -0.461 e. The number of alkyl halides is 4. The molecule has 2 rings (SSSR count). The van der Waals surface area contributed by atoms with Crippen LogP contribution in [-0.2, 0) is 4.74 Å². The standard InChI is InChI=1S/C11H9F4N3O2/c1-2-20-11(19)7-10-17-5(8(12)13)3-6(9(14)15)18(10)4-16-7/h3-4,8-9H,2H2,1H3. The quantitative estimate of drug-likeness (QED) is 0.642. The molecule has 0 bridgehead atoms. The highest BCUT2D eigenvalue weighted by atomic mass is 19.3. The van der Waals surface area contributed by atoms with Crippen LogP contribution in [-0.4, -0.2) is 26.9 Å². The molecule has 0 aliphatic heterocycles. The molecule has 0 fully saturated rings. The average Bonchev–Trinajstić information content (AvgIpc) is 2.81. The number of nitrogens with zero attached hydrogens (tertiary/aromatic N) is 3. The second-order valence-corrected chi connectivity index (χ2v) is 3.71. The number of aromatic nitrogens is 3. The molecule has 0 aliphatic rings. The third-order valence-corrected chi connectivity index (χ3v) is 2.47. The van der Waals surface area contributed by atoms with Crippen LogP contribution >= 0.6 is 0 Å². The molecule has 0 saturated heterocycles. The summed E-state index contributed by atoms with van der Waals surface area (Å²) < 4.78 is 56.5. The van der Waals surface area contributed by atoms with Crippen molar-refractivity contribution in [1.29, 1.82) is 0 Å². The lowest BCUT2D eigenvalue weighted by atomic mass is 10.3. The number of hydrogen-bond acceptors (Lipinski definition) is 4. The number of carbonyl (C=O) groups is 1. The van der Waals surface area contributed by atoms with Gasteiger partial charge in [0.2, 0.25) is 0 Å². The van der Waals surface area contributed by atoms with E-state index < -0.39 is 30.2 Å². The lowest BCUT2D eigenvalue weighted by Gasteiger charge is -2.07. The number of esters is 1. The Kier molecular flexibility index (Phi) is 3.86. The fourth-order valence-corrected chi connectivity index (χ4v) is 1.64. The van der Waals surface area contributed by atoms with E-state index in [2.05, 4.69) is 14.7 Å². The van der Waals surface area contributed by atoms with Crippen LogP contribution in [0.3, 0.4) is 0 Å². The fraction of sp³-hybridized carbons (Fsp3) is 0.364. The summed E-state index contributed by atoms with van der Waals surface area (Å²) in [5.41, 5.74) is -2.32. The minimum absolute atomic E-state index is 0.0358. The van der Waals surface area contributed by atoms with Crippen molar-refractivity contribution in [3.05, 3.63) is 29.5 Å². The zero-order valence-electron chi connectivity index (χ0n) is 10.2. The molecule has 0 aliphatic carbocycles. The number of ether oxygens (including phenoxy) is 1. The molecule has 0 atom stereocenters. The van der Waals surface area contributed by atoms with Gasteiger partial charge >= 0.3 is 5.97 Å². The first-order valence-electron chi connectivity index (χ1n) is 5.57. The Bertz CT molecular complexity index is 642. The molecule has 108 valence electrons. The van der Waals surface area contributed by atoms with Crippen LogP contribution in [0.1, 0.15) is 41.7 Å². The molecule has 0 saturated carbocycles. The van der Waals surface area contributed by atoms with Crippen LogP contribution in [0, 0.1) is 0 Å². The predicted octanol–water partition coefficient (Wildman–Crippen LogP) is 2.78. The molecule has 0 amide bonds. The molecule has 5 nitrogen and oxygen atoms in total. The van der Waals surface area contributed by atoms with Crippen molar-refractivity contribution >= 4 is 11.6 Å². The average molecular weight is 291 g/mol. The number of hydrogen-bond donors (Lipinski definition) is 0. The highest BCUT2D eigenvalue weighted by Gasteiger charge is 2.23. The second kappa shape index (κ2) is 5.43. The van der Waals surface area contributed by atoms with E-state index in [0.29, 0.717) is 6.07 Å². The van der Waals surface area contributed by atoms with Gasteiger partial charge in [-0.25, -0.2) is 32.3 Å². The molecule has 0 aromatic carbocycles. The van der Waals surface area contributed by atoms with Gasteiger partial charge in [0.15, 0.2) is 11.3 Å². The molecule has 0 radical (unpaired) electrons. The van der Waals surface area contributed by atoms with Crippen LogP contribution in [0.15, 0.2) is 12.4 Å². The second-order valence-electron chi connectivity index (χ2n) is 3.71. The summed E-state index contributed by atoms with van der Waals surface area (Å²) in [7, 11) is 0. The smallest absolute Gasteiger partial charge is 0.360 e. The van der Waals surface area contributed by atoms with Gasteiger partial charge in [-0.3, -0.25) is 4.40 Å². The summed E-state index contributed by atoms with van der Waals surface area (Å²) in [5, 5.41) is 0. The van der Waals surface area contributed by atoms with Crippen LogP contribution in [0.25, 0.3) is 5.65 Å². The van der Waals surface area contributed by atoms with Crippen LogP contribution in [0.4, 0.5) is 17.6 Å². The van der Waals surface area contributed by atoms with Gasteiger partial charge in [0.1, 0.15) is 12.0 Å². The van der Waals surface area contributed by atoms with Gasteiger partial charge in [-0.2, -0.15) is 0 Å². The summed E-state index contributed by atoms with van der Waals surface area (Å²) in [6.45, 7) is 1.58. The predicted molar refractivity (Wildman–Crippen MR) is 58.9 cm³/mol. The van der Waals surface area contributed by atoms with Crippen LogP contribution in [0.5, 0.6) is 0 Å². The fourth-order valence-electron chi connectivity index (χ4n) is 1.64. The maximum Gasteiger partial charge on any atom is 0.360 e. The first-order valence-corrected chi connectivity index (χ1v) is 5.57. The SMILES string of the molecule is CCOC(=O)c1ncn2c(C(F)F)cc(C(F)F)nc12. The normalized spacial score (nSPS) is 11.6. The summed E-state index contributed by atoms with van der Waals surface area (Å²) in [5.74, 6) is -0.908. The van der Waals surface area contributed by atoms with Crippen molar-refractivity contribution in [2.75, 3.05) is 6.61 Å². The molecule has 20 heavy (non-hydrogen) atoms. The highest BCUT2D eigenvalue weighted by Crippen LogP contribution is 2.26. The van der Waals surface area contributed by atoms with E-state index in [0.717, 1.165) is 10.7 Å². The van der Waals surface area contributed by atoms with E-state index in [-0.39, 0.29) is 17.9 Å². The number of fused-ring (bicyclic) bond motifs is 1. The Labute approximate surface area is 110 Å². The Morgan fingerprint density at radius 3 is 2.60 bits per heavy atom. The molecule has 0 N–H and O–H groups in total. The third-order valence-electron chi connectivity index (χ3n) is 2.47. The molecule has 0 spiro atoms. The molecule has 2 aromatic rings. The summed E-state index contributed by atoms with van der Waals surface area (Å²) in [4.78, 5) is 18.7. The monoisotopic (exact) mass is 291 g/mol. The summed E-state index contributed by atoms with van der Waals surface area (Å²) in [6, 6.07) is 0.582. The van der Waals surface area contributed by atoms with Crippen LogP contribution < -0.4 is 0 Å². The van der Waals surface area contributed by atoms with E-state index in [1.165, 1.54) is 0 Å². The van der Waals surface area contributed by atoms with E-state index >= 15 is 0 Å². The summed E-state index contributed by atoms with van der Waals surface area (Å²) in [6.07, 6.45) is -5.13. The van der Waals surface area contributed by atoms with Gasteiger partial charge in [-0.05, 0) is 13.0 Å². The highest BCUT2D eigenvalue weighted by molar-refractivity contribution is 5.93. The zero-order chi connectivity index (χ0) is 14.9. The van der Waals surface area contributed by atoms with Gasteiger partial charge in [0.05, 0.1) is 12.3 Å². The van der Waals surface area contributed by atoms with E-state index in [4.69, 9.17) is 0 Å². The number of carbonyl (C=O) groups excluding carboxylic acids is 1. The minimum atomic E-state index is -3.04. The van der Waals surface area contributed by atoms with Gasteiger partial charge < -0.3 is 4.74 Å². The van der Waals surface area contributed by atoms with E-state index in [1.54, 1.807) is 6.92 Å². The summed E-state index contributed by atoms with van der Waals surface area (Å²) >= 11 is 0. The van der Waals surface area contributed by atoms with Crippen molar-refractivity contribution in [3.63, 3.8) is 0 Å². The first kappa shape index (κ1) is 14.2. The van der Waals surface area contributed by atoms with Gasteiger partial charge in [-0.1, -0.05) is 0 Å². The number of rotatable bonds is 4. The van der Waals surface area contributed by atoms with Crippen molar-refractivity contribution in [2.45, 2.75) is 19.8 Å². The van der Waals surface area contributed by atoms with Gasteiger partial charge in [0, 0.05) is 0 Å². The van der Waals surface area contributed by atoms with E-state index in [9.17, 15) is 22.4 Å². The maximum atomic E-state index is 12.9. The third kappa shape index (κ3) is 2.43. The number of halogens is 4. The lowest BCUT2D eigenvalue weighted by Crippen LogP contribution is -2.08. The van der Waals surface area contributed by atoms with E-state index in [1.807, 2.05) is 0 Å². The van der Waals surface area contributed by atoms with Crippen molar-refractivity contribution in [3.8, 4) is 0 Å². The molecule has 9 heteroatoms. The van der Waals surface area contributed by atoms with Crippen molar-refractivity contribution in [1.82, 2.24) is 14.4 Å². The molecule has 2 aromatic heterocycles. The Morgan fingerprint density at radius 1 is 1.35 bits per heavy atom. The lowest BCUT2D eigenvalue weighted by molar-refractivity contribution is 0.0522. The molecule has 2 heterocycles. The van der Waals surface area contributed by atoms with Gasteiger partial charge in [-0.15, -0.1) is 0 Å². The first-order chi connectivity index (χ1) is 9.45. The Balaban J connectivity index is 2.67. The maximum absolute atomic E-state index is 12.9. The zero-order valence-corrected chi connectivity index (χ0v) is 10.2. The van der Waals surface area contributed by atoms with Crippen molar-refractivity contribution < 1.29 is 27.1 Å².